The van der Waals surface area contributed by atoms with Crippen molar-refractivity contribution in [3.63, 3.8) is 0 Å². The Hall–Kier alpha value is -2.94. The fraction of sp³-hybridized carbons (Fsp3) is 0.583. The molecule has 2 amide bonds. The number of carbonyl (C=O) groups is 3. The number of para-hydroxylation sites is 2. The van der Waals surface area contributed by atoms with Crippen molar-refractivity contribution in [3.05, 3.63) is 30.2 Å². The number of hydrogen-bond donors (Lipinski definition) is 1. The third-order valence-electron chi connectivity index (χ3n) is 6.24. The summed E-state index contributed by atoms with van der Waals surface area (Å²) in [4.78, 5) is 43.8. The Labute approximate surface area is 192 Å². The van der Waals surface area contributed by atoms with Gasteiger partial charge in [-0.1, -0.05) is 44.2 Å². The lowest BCUT2D eigenvalue weighted by molar-refractivity contribution is -0.145. The van der Waals surface area contributed by atoms with Crippen molar-refractivity contribution in [1.82, 2.24) is 15.2 Å². The van der Waals surface area contributed by atoms with Crippen molar-refractivity contribution in [3.8, 4) is 0 Å². The minimum Gasteiger partial charge on any atom is -0.440 e. The normalized spacial score (nSPS) is 18.1. The first kappa shape index (κ1) is 23.2. The van der Waals surface area contributed by atoms with Crippen molar-refractivity contribution in [2.24, 2.45) is 5.92 Å². The van der Waals surface area contributed by atoms with Gasteiger partial charge in [-0.15, -0.1) is 0 Å². The van der Waals surface area contributed by atoms with E-state index < -0.39 is 12.2 Å². The summed E-state index contributed by atoms with van der Waals surface area (Å²) >= 11 is 0. The number of aromatic nitrogens is 1. The van der Waals surface area contributed by atoms with Gasteiger partial charge in [0.15, 0.2) is 17.5 Å². The molecule has 2 heterocycles. The molecule has 9 nitrogen and oxygen atoms in total. The van der Waals surface area contributed by atoms with E-state index in [0.29, 0.717) is 55.6 Å². The van der Waals surface area contributed by atoms with Crippen molar-refractivity contribution >= 4 is 28.9 Å². The first-order valence-corrected chi connectivity index (χ1v) is 11.8. The van der Waals surface area contributed by atoms with Crippen LogP contribution < -0.4 is 5.32 Å². The molecule has 1 saturated heterocycles. The van der Waals surface area contributed by atoms with Crippen molar-refractivity contribution in [1.29, 1.82) is 0 Å². The molecule has 2 fully saturated rings. The van der Waals surface area contributed by atoms with Crippen molar-refractivity contribution in [2.75, 3.05) is 32.8 Å². The molecule has 1 N–H and O–H groups in total. The molecule has 1 aliphatic carbocycles. The predicted molar refractivity (Wildman–Crippen MR) is 120 cm³/mol. The zero-order valence-electron chi connectivity index (χ0n) is 18.8. The zero-order valence-corrected chi connectivity index (χ0v) is 18.8. The third-order valence-corrected chi connectivity index (χ3v) is 6.24. The lowest BCUT2D eigenvalue weighted by atomic mass is 9.85. The maximum Gasteiger partial charge on any atom is 0.408 e. The number of hydrogen-bond acceptors (Lipinski definition) is 7. The lowest BCUT2D eigenvalue weighted by Gasteiger charge is -2.32. The summed E-state index contributed by atoms with van der Waals surface area (Å²) < 4.78 is 16.4. The van der Waals surface area contributed by atoms with Crippen LogP contribution in [0.4, 0.5) is 4.79 Å². The van der Waals surface area contributed by atoms with Gasteiger partial charge in [0.2, 0.25) is 5.89 Å². The number of ether oxygens (including phenoxy) is 2. The number of carbonyl (C=O) groups excluding carboxylic acids is 3. The fourth-order valence-corrected chi connectivity index (χ4v) is 4.48. The number of morpholine rings is 1. The maximum atomic E-state index is 13.0. The van der Waals surface area contributed by atoms with Gasteiger partial charge in [-0.25, -0.2) is 9.78 Å². The van der Waals surface area contributed by atoms with Crippen LogP contribution >= 0.6 is 0 Å². The van der Waals surface area contributed by atoms with Gasteiger partial charge >= 0.3 is 6.09 Å². The van der Waals surface area contributed by atoms with Crippen molar-refractivity contribution in [2.45, 2.75) is 51.0 Å². The highest BCUT2D eigenvalue weighted by atomic mass is 16.6. The minimum absolute atomic E-state index is 0.0346. The molecule has 178 valence electrons. The summed E-state index contributed by atoms with van der Waals surface area (Å²) in [6.45, 7) is 1.73. The molecular weight excluding hydrogens is 426 g/mol. The maximum absolute atomic E-state index is 13.0. The molecule has 0 spiro atoms. The molecule has 2 aliphatic rings. The lowest BCUT2D eigenvalue weighted by Crippen LogP contribution is -2.48. The number of oxazole rings is 1. The number of rotatable bonds is 8. The van der Waals surface area contributed by atoms with Crippen LogP contribution in [0.3, 0.4) is 0 Å². The van der Waals surface area contributed by atoms with Gasteiger partial charge in [0, 0.05) is 13.1 Å². The van der Waals surface area contributed by atoms with Gasteiger partial charge < -0.3 is 24.1 Å². The van der Waals surface area contributed by atoms with E-state index in [0.717, 1.165) is 25.7 Å². The van der Waals surface area contributed by atoms with Gasteiger partial charge in [-0.3, -0.25) is 9.59 Å². The molecule has 1 saturated carbocycles. The molecule has 2 aromatic rings. The van der Waals surface area contributed by atoms with E-state index in [9.17, 15) is 14.4 Å². The van der Waals surface area contributed by atoms with E-state index in [1.165, 1.54) is 6.42 Å². The average Bonchev–Trinajstić information content (AvgIpc) is 3.25. The summed E-state index contributed by atoms with van der Waals surface area (Å²) in [6.07, 6.45) is 4.44. The minimum atomic E-state index is -0.849. The number of ketones is 1. The van der Waals surface area contributed by atoms with Crippen LogP contribution in [0.1, 0.15) is 44.4 Å². The number of alkyl carbamates (subject to hydrolysis) is 1. The largest absolute Gasteiger partial charge is 0.440 e. The Balaban J connectivity index is 1.30. The summed E-state index contributed by atoms with van der Waals surface area (Å²) in [6, 6.07) is 7.26. The molecule has 9 heteroatoms. The number of nitrogens with one attached hydrogen (secondary N) is 1. The van der Waals surface area contributed by atoms with E-state index in [4.69, 9.17) is 13.9 Å². The molecule has 0 radical (unpaired) electrons. The molecule has 33 heavy (non-hydrogen) atoms. The topological polar surface area (TPSA) is 111 Å². The van der Waals surface area contributed by atoms with Crippen LogP contribution in [0.25, 0.3) is 11.1 Å². The summed E-state index contributed by atoms with van der Waals surface area (Å²) in [5.41, 5.74) is 1.29. The van der Waals surface area contributed by atoms with E-state index in [1.54, 1.807) is 17.0 Å². The van der Waals surface area contributed by atoms with Gasteiger partial charge in [-0.05, 0) is 24.5 Å². The molecule has 1 aromatic carbocycles. The van der Waals surface area contributed by atoms with E-state index in [2.05, 4.69) is 10.3 Å². The van der Waals surface area contributed by atoms with Gasteiger partial charge in [-0.2, -0.15) is 0 Å². The second-order valence-corrected chi connectivity index (χ2v) is 8.72. The van der Waals surface area contributed by atoms with E-state index in [-0.39, 0.29) is 24.7 Å². The Morgan fingerprint density at radius 3 is 2.64 bits per heavy atom. The van der Waals surface area contributed by atoms with Crippen LogP contribution in [-0.4, -0.2) is 66.6 Å². The van der Waals surface area contributed by atoms with E-state index in [1.807, 2.05) is 12.1 Å². The monoisotopic (exact) mass is 457 g/mol. The van der Waals surface area contributed by atoms with Crippen LogP contribution in [0.2, 0.25) is 0 Å². The Kier molecular flexibility index (Phi) is 7.93. The fourth-order valence-electron chi connectivity index (χ4n) is 4.48. The number of benzene rings is 1. The zero-order chi connectivity index (χ0) is 23.0. The number of fused-ring (bicyclic) bond motifs is 1. The number of Topliss-reactive ketones (excluding diaryl/α,β-unsaturated/α-hetero) is 1. The van der Waals surface area contributed by atoms with Gasteiger partial charge in [0.1, 0.15) is 5.52 Å². The molecule has 0 unspecified atom stereocenters. The highest BCUT2D eigenvalue weighted by Crippen LogP contribution is 2.28. The number of nitrogens with zero attached hydrogens (tertiary/aromatic N) is 2. The summed E-state index contributed by atoms with van der Waals surface area (Å²) in [7, 11) is 0. The molecule has 1 aromatic heterocycles. The molecule has 0 bridgehead atoms. The second kappa shape index (κ2) is 11.3. The van der Waals surface area contributed by atoms with E-state index >= 15 is 0 Å². The average molecular weight is 458 g/mol. The van der Waals surface area contributed by atoms with Crippen LogP contribution in [0, 0.1) is 5.92 Å². The summed E-state index contributed by atoms with van der Waals surface area (Å²) in [5, 5.41) is 2.49. The second-order valence-electron chi connectivity index (χ2n) is 8.72. The Morgan fingerprint density at radius 2 is 1.88 bits per heavy atom. The highest BCUT2D eigenvalue weighted by Gasteiger charge is 2.32. The molecule has 1 atom stereocenters. The highest BCUT2D eigenvalue weighted by molar-refractivity contribution is 5.87. The number of amides is 2. The first-order valence-electron chi connectivity index (χ1n) is 11.8. The molecular formula is C24H31N3O6. The van der Waals surface area contributed by atoms with Crippen LogP contribution in [0.15, 0.2) is 28.7 Å². The Bertz CT molecular complexity index is 929. The van der Waals surface area contributed by atoms with Gasteiger partial charge in [0.25, 0.3) is 5.91 Å². The van der Waals surface area contributed by atoms with Crippen molar-refractivity contribution < 1.29 is 28.3 Å². The SMILES string of the molecule is O=C(CNC(=O)O[C@@H](CC1CCCCC1)C(=O)N1CCOCC1)Cc1nc2ccccc2o1. The standard InChI is InChI=1S/C24H31N3O6/c28-18(15-22-26-19-8-4-5-9-20(19)32-22)16-25-24(30)33-21(14-17-6-2-1-3-7-17)23(29)27-10-12-31-13-11-27/h4-5,8-9,17,21H,1-3,6-7,10-16H2,(H,25,30)/t21-/m0/s1. The van der Waals surface area contributed by atoms with Gasteiger partial charge in [0.05, 0.1) is 26.2 Å². The Morgan fingerprint density at radius 1 is 1.12 bits per heavy atom. The predicted octanol–water partition coefficient (Wildman–Crippen LogP) is 2.86. The smallest absolute Gasteiger partial charge is 0.408 e. The summed E-state index contributed by atoms with van der Waals surface area (Å²) in [5.74, 6) is 0.218. The first-order chi connectivity index (χ1) is 16.1. The van der Waals surface area contributed by atoms with Crippen LogP contribution in [0.5, 0.6) is 0 Å². The van der Waals surface area contributed by atoms with Crippen LogP contribution in [-0.2, 0) is 25.5 Å². The quantitative estimate of drug-likeness (QED) is 0.649. The molecule has 4 rings (SSSR count). The third kappa shape index (κ3) is 6.54. The molecule has 1 aliphatic heterocycles.